The maximum atomic E-state index is 14.1. The maximum Gasteiger partial charge on any atom is 0.431 e. The van der Waals surface area contributed by atoms with E-state index >= 15 is 0 Å². The van der Waals surface area contributed by atoms with E-state index in [1.165, 1.54) is 12.1 Å². The Morgan fingerprint density at radius 2 is 1.73 bits per heavy atom. The minimum Gasteiger partial charge on any atom is -0.378 e. The highest BCUT2D eigenvalue weighted by atomic mass is 35.5. The molecule has 0 radical (unpaired) electrons. The number of anilines is 2. The second-order valence-corrected chi connectivity index (χ2v) is 11.9. The van der Waals surface area contributed by atoms with Gasteiger partial charge in [-0.15, -0.1) is 11.6 Å². The van der Waals surface area contributed by atoms with Crippen LogP contribution in [0, 0.1) is 0 Å². The number of carbonyl (C=O) groups is 1. The lowest BCUT2D eigenvalue weighted by Crippen LogP contribution is -2.50. The first-order chi connectivity index (χ1) is 21.6. The topological polar surface area (TPSA) is 77.7 Å². The van der Waals surface area contributed by atoms with Gasteiger partial charge in [0.2, 0.25) is 5.91 Å². The number of hydrogen-bond acceptors (Lipinski definition) is 7. The van der Waals surface area contributed by atoms with Crippen LogP contribution in [0.1, 0.15) is 12.6 Å². The van der Waals surface area contributed by atoms with Crippen molar-refractivity contribution in [1.29, 1.82) is 0 Å². The predicted molar refractivity (Wildman–Crippen MR) is 170 cm³/mol. The van der Waals surface area contributed by atoms with Crippen LogP contribution < -0.4 is 10.2 Å². The number of carbonyl (C=O) groups excluding carboxylic acids is 1. The Morgan fingerprint density at radius 3 is 2.42 bits per heavy atom. The van der Waals surface area contributed by atoms with Gasteiger partial charge in [0, 0.05) is 62.9 Å². The van der Waals surface area contributed by atoms with Gasteiger partial charge in [-0.05, 0) is 36.8 Å². The maximum absolute atomic E-state index is 14.1. The van der Waals surface area contributed by atoms with E-state index in [0.29, 0.717) is 55.7 Å². The first kappa shape index (κ1) is 31.3. The third-order valence-electron chi connectivity index (χ3n) is 8.18. The number of nitrogens with one attached hydrogen (secondary N) is 1. The number of amides is 1. The summed E-state index contributed by atoms with van der Waals surface area (Å²) in [6.45, 7) is 6.24. The van der Waals surface area contributed by atoms with Gasteiger partial charge in [0.05, 0.1) is 35.9 Å². The zero-order valence-corrected chi connectivity index (χ0v) is 26.0. The standard InChI is InChI=1S/C31H32Cl2F3N7O2/c1-20-17-37-18-23(32)29(27(20)33)42-11-9-41(10-12-42)26(44)19-38-30-28(39-25-4-2-3-24(43(25)30)31(34,35)36)21-5-7-22(8-6-21)40-13-15-45-16-14-40/h2-8,17-18,27,38H,9-16,19H2,1H3. The number of halogens is 5. The molecule has 3 aromatic rings. The van der Waals surface area contributed by atoms with Gasteiger partial charge in [-0.3, -0.25) is 14.2 Å². The Kier molecular flexibility index (Phi) is 8.98. The van der Waals surface area contributed by atoms with Crippen LogP contribution in [0.15, 0.2) is 70.0 Å². The molecule has 5 heterocycles. The zero-order chi connectivity index (χ0) is 31.7. The average molecular weight is 663 g/mol. The number of benzene rings is 1. The highest BCUT2D eigenvalue weighted by molar-refractivity contribution is 6.40. The summed E-state index contributed by atoms with van der Waals surface area (Å²) in [4.78, 5) is 28.0. The van der Waals surface area contributed by atoms with E-state index < -0.39 is 17.2 Å². The van der Waals surface area contributed by atoms with Gasteiger partial charge >= 0.3 is 6.18 Å². The molecular formula is C31H32Cl2F3N7O2. The largest absolute Gasteiger partial charge is 0.431 e. The van der Waals surface area contributed by atoms with Crippen molar-refractivity contribution < 1.29 is 22.7 Å². The third-order valence-corrected chi connectivity index (χ3v) is 9.02. The van der Waals surface area contributed by atoms with Gasteiger partial charge in [-0.2, -0.15) is 13.2 Å². The molecule has 1 atom stereocenters. The average Bonchev–Trinajstić information content (AvgIpc) is 3.36. The molecule has 2 aromatic heterocycles. The number of aliphatic imine (C=N–C) groups is 1. The Labute approximate surface area is 268 Å². The van der Waals surface area contributed by atoms with E-state index in [9.17, 15) is 18.0 Å². The van der Waals surface area contributed by atoms with Gasteiger partial charge in [0.15, 0.2) is 0 Å². The highest BCUT2D eigenvalue weighted by Gasteiger charge is 2.35. The molecule has 2 fully saturated rings. The molecule has 14 heteroatoms. The van der Waals surface area contributed by atoms with Crippen molar-refractivity contribution in [2.75, 3.05) is 69.2 Å². The summed E-state index contributed by atoms with van der Waals surface area (Å²) in [7, 11) is 0. The van der Waals surface area contributed by atoms with Crippen molar-refractivity contribution in [1.82, 2.24) is 19.2 Å². The number of piperazine rings is 1. The molecular weight excluding hydrogens is 630 g/mol. The molecule has 0 spiro atoms. The Hall–Kier alpha value is -3.74. The van der Waals surface area contributed by atoms with E-state index in [-0.39, 0.29) is 23.9 Å². The van der Waals surface area contributed by atoms with Crippen molar-refractivity contribution in [2.24, 2.45) is 4.99 Å². The van der Waals surface area contributed by atoms with Gasteiger partial charge in [0.25, 0.3) is 0 Å². The van der Waals surface area contributed by atoms with Crippen molar-refractivity contribution >= 4 is 52.5 Å². The number of rotatable bonds is 6. The molecule has 6 rings (SSSR count). The first-order valence-electron chi connectivity index (χ1n) is 14.6. The lowest BCUT2D eigenvalue weighted by atomic mass is 10.1. The smallest absolute Gasteiger partial charge is 0.378 e. The second kappa shape index (κ2) is 12.9. The quantitative estimate of drug-likeness (QED) is 0.354. The van der Waals surface area contributed by atoms with Gasteiger partial charge in [-0.25, -0.2) is 4.98 Å². The molecule has 3 aliphatic rings. The van der Waals surface area contributed by atoms with Crippen LogP contribution in [0.4, 0.5) is 24.7 Å². The molecule has 0 bridgehead atoms. The van der Waals surface area contributed by atoms with Crippen LogP contribution in [-0.2, 0) is 15.7 Å². The van der Waals surface area contributed by atoms with Crippen LogP contribution in [0.3, 0.4) is 0 Å². The normalized spacial score (nSPS) is 19.6. The fourth-order valence-electron chi connectivity index (χ4n) is 5.80. The fraction of sp³-hybridized carbons (Fsp3) is 0.387. The Morgan fingerprint density at radius 1 is 1.02 bits per heavy atom. The predicted octanol–water partition coefficient (Wildman–Crippen LogP) is 5.46. The monoisotopic (exact) mass is 661 g/mol. The highest BCUT2D eigenvalue weighted by Crippen LogP contribution is 2.36. The molecule has 238 valence electrons. The molecule has 2 saturated heterocycles. The van der Waals surface area contributed by atoms with E-state index in [1.807, 2.05) is 36.1 Å². The Balaban J connectivity index is 1.22. The van der Waals surface area contributed by atoms with Crippen molar-refractivity contribution in [3.05, 3.63) is 70.7 Å². The van der Waals surface area contributed by atoms with E-state index in [2.05, 4.69) is 20.2 Å². The number of nitrogens with zero attached hydrogens (tertiary/aromatic N) is 6. The Bertz CT molecular complexity index is 1660. The van der Waals surface area contributed by atoms with Gasteiger partial charge in [-0.1, -0.05) is 29.8 Å². The number of pyridine rings is 1. The molecule has 1 unspecified atom stereocenters. The van der Waals surface area contributed by atoms with E-state index in [0.717, 1.165) is 40.5 Å². The summed E-state index contributed by atoms with van der Waals surface area (Å²) < 4.78 is 48.9. The molecule has 1 aromatic carbocycles. The summed E-state index contributed by atoms with van der Waals surface area (Å²) >= 11 is 13.1. The fourth-order valence-corrected chi connectivity index (χ4v) is 6.45. The van der Waals surface area contributed by atoms with Crippen LogP contribution >= 0.6 is 23.2 Å². The van der Waals surface area contributed by atoms with Crippen LogP contribution in [0.25, 0.3) is 16.9 Å². The summed E-state index contributed by atoms with van der Waals surface area (Å²) in [5, 5.41) is 3.02. The minimum absolute atomic E-state index is 0.103. The molecule has 1 amide bonds. The molecule has 0 saturated carbocycles. The van der Waals surface area contributed by atoms with Gasteiger partial charge in [0.1, 0.15) is 22.9 Å². The van der Waals surface area contributed by atoms with Gasteiger partial charge < -0.3 is 24.8 Å². The number of imidazole rings is 1. The molecule has 1 N–H and O–H groups in total. The van der Waals surface area contributed by atoms with Crippen LogP contribution in [0.2, 0.25) is 0 Å². The summed E-state index contributed by atoms with van der Waals surface area (Å²) in [6, 6.07) is 11.4. The molecule has 0 aliphatic carbocycles. The lowest BCUT2D eigenvalue weighted by Gasteiger charge is -2.38. The number of hydrogen-bond donors (Lipinski definition) is 1. The molecule has 9 nitrogen and oxygen atoms in total. The summed E-state index contributed by atoms with van der Waals surface area (Å²) in [6.07, 6.45) is -1.40. The number of ether oxygens (including phenoxy) is 1. The number of morpholine rings is 1. The SMILES string of the molecule is CC1=CN=CC(Cl)=C(N2CCN(C(=O)CNc3c(-c4ccc(N5CCOCC5)cc4)nc4cccc(C(F)(F)F)n34)CC2)C1Cl. The van der Waals surface area contributed by atoms with Crippen molar-refractivity contribution in [3.8, 4) is 11.3 Å². The first-order valence-corrected chi connectivity index (χ1v) is 15.4. The molecule has 45 heavy (non-hydrogen) atoms. The van der Waals surface area contributed by atoms with Crippen LogP contribution in [0.5, 0.6) is 0 Å². The second-order valence-electron chi connectivity index (χ2n) is 11.0. The summed E-state index contributed by atoms with van der Waals surface area (Å²) in [5.74, 6) is -0.144. The number of allylic oxidation sites excluding steroid dienone is 2. The minimum atomic E-state index is -4.64. The molecule has 3 aliphatic heterocycles. The van der Waals surface area contributed by atoms with Crippen molar-refractivity contribution in [2.45, 2.75) is 18.5 Å². The number of fused-ring (bicyclic) bond motifs is 1. The van der Waals surface area contributed by atoms with E-state index in [4.69, 9.17) is 27.9 Å². The third kappa shape index (κ3) is 6.49. The van der Waals surface area contributed by atoms with Crippen LogP contribution in [-0.4, -0.2) is 95.7 Å². The summed E-state index contributed by atoms with van der Waals surface area (Å²) in [5.41, 5.74) is 2.79. The van der Waals surface area contributed by atoms with E-state index in [1.54, 1.807) is 17.3 Å². The number of alkyl halides is 4. The number of aromatic nitrogens is 2. The zero-order valence-electron chi connectivity index (χ0n) is 24.5. The van der Waals surface area contributed by atoms with Crippen molar-refractivity contribution in [3.63, 3.8) is 0 Å². The lowest BCUT2D eigenvalue weighted by molar-refractivity contribution is -0.141.